The third-order valence-electron chi connectivity index (χ3n) is 9.43. The second kappa shape index (κ2) is 13.5. The summed E-state index contributed by atoms with van der Waals surface area (Å²) in [4.78, 5) is 61.5. The van der Waals surface area contributed by atoms with Gasteiger partial charge in [0, 0.05) is 24.0 Å². The van der Waals surface area contributed by atoms with Gasteiger partial charge in [-0.2, -0.15) is 0 Å². The van der Waals surface area contributed by atoms with Gasteiger partial charge in [-0.3, -0.25) is 19.2 Å². The normalized spacial score (nSPS) is 13.5. The summed E-state index contributed by atoms with van der Waals surface area (Å²) < 4.78 is 2.83. The fraction of sp³-hybridized carbons (Fsp3) is 0.231. The number of unbranched alkanes of at least 4 members (excludes halogenated alkanes) is 4. The molecule has 252 valence electrons. The summed E-state index contributed by atoms with van der Waals surface area (Å²) >= 11 is 0. The molecule has 0 aliphatic carbocycles. The highest BCUT2D eigenvalue weighted by Crippen LogP contribution is 2.27. The maximum absolute atomic E-state index is 13.2. The van der Waals surface area contributed by atoms with E-state index >= 15 is 0 Å². The molecule has 12 nitrogen and oxygen atoms in total. The van der Waals surface area contributed by atoms with Gasteiger partial charge in [-0.1, -0.05) is 104 Å². The van der Waals surface area contributed by atoms with E-state index in [1.165, 1.54) is 9.13 Å². The number of aryl methyl sites for hydroxylation is 2. The lowest BCUT2D eigenvalue weighted by Gasteiger charge is -2.06. The quantitative estimate of drug-likeness (QED) is 0.0891. The average molecular weight is 677 g/mol. The molecular formula is C39H32N8O4. The number of hydrogen-bond donors (Lipinski definition) is 0. The van der Waals surface area contributed by atoms with Crippen LogP contribution in [0.2, 0.25) is 0 Å². The Kier molecular flexibility index (Phi) is 8.48. The van der Waals surface area contributed by atoms with E-state index in [2.05, 4.69) is 30.4 Å². The molecular weight excluding hydrogens is 644 g/mol. The summed E-state index contributed by atoms with van der Waals surface area (Å²) in [6, 6.07) is 26.5. The first-order valence-electron chi connectivity index (χ1n) is 17.1. The molecule has 0 fully saturated rings. The number of Topliss-reactive ketones (excluding diaryl/α,β-unsaturated/α-hetero) is 2. The molecule has 0 spiro atoms. The number of fused-ring (bicyclic) bond motifs is 4. The number of aromatic nitrogens is 6. The minimum absolute atomic E-state index is 0.104. The standard InChI is InChI=1S/C39H32N8O4/c48-32(28-18-10-14-24-12-6-8-16-26(24)28)22-30-36(50)46-34(42-44-38(46)40-30)20-4-2-1-3-5-21-35-43-45-39-41-31(37(51)47(35)39)23-33(49)29-19-11-15-25-13-7-9-17-27(25)29/h6-19H,1-5,20-23H2. The van der Waals surface area contributed by atoms with Crippen molar-refractivity contribution in [1.29, 1.82) is 0 Å². The lowest BCUT2D eigenvalue weighted by atomic mass is 9.98. The van der Waals surface area contributed by atoms with Gasteiger partial charge in [0.25, 0.3) is 23.7 Å². The van der Waals surface area contributed by atoms with Crippen LogP contribution in [-0.4, -0.2) is 64.3 Å². The summed E-state index contributed by atoms with van der Waals surface area (Å²) in [6.45, 7) is 0. The summed E-state index contributed by atoms with van der Waals surface area (Å²) in [6.07, 6.45) is 5.26. The predicted octanol–water partition coefficient (Wildman–Crippen LogP) is 6.91. The molecule has 6 aromatic rings. The highest BCUT2D eigenvalue weighted by molar-refractivity contribution is 6.46. The minimum atomic E-state index is -0.348. The van der Waals surface area contributed by atoms with E-state index in [4.69, 9.17) is 0 Å². The van der Waals surface area contributed by atoms with Gasteiger partial charge in [0.1, 0.15) is 23.1 Å². The van der Waals surface area contributed by atoms with Crippen LogP contribution in [0.3, 0.4) is 0 Å². The van der Waals surface area contributed by atoms with Gasteiger partial charge in [-0.05, 0) is 34.4 Å². The van der Waals surface area contributed by atoms with E-state index in [1.807, 2.05) is 72.8 Å². The van der Waals surface area contributed by atoms with Crippen LogP contribution < -0.4 is 0 Å². The van der Waals surface area contributed by atoms with Crippen LogP contribution in [0.1, 0.15) is 86.9 Å². The number of ketones is 2. The molecule has 0 N–H and O–H groups in total. The van der Waals surface area contributed by atoms with Crippen molar-refractivity contribution in [3.63, 3.8) is 0 Å². The first-order valence-corrected chi connectivity index (χ1v) is 17.1. The van der Waals surface area contributed by atoms with Crippen molar-refractivity contribution in [2.75, 3.05) is 0 Å². The Morgan fingerprint density at radius 3 is 1.37 bits per heavy atom. The van der Waals surface area contributed by atoms with Crippen LogP contribution in [0, 0.1) is 0 Å². The Balaban J connectivity index is 0.789. The van der Waals surface area contributed by atoms with E-state index in [0.717, 1.165) is 53.6 Å². The molecule has 0 bridgehead atoms. The third-order valence-corrected chi connectivity index (χ3v) is 9.43. The van der Waals surface area contributed by atoms with E-state index in [1.54, 1.807) is 12.1 Å². The molecule has 0 radical (unpaired) electrons. The van der Waals surface area contributed by atoms with Gasteiger partial charge >= 0.3 is 0 Å². The number of carbonyl (C=O) groups is 4. The number of aliphatic imine (C=N–C) groups is 2. The van der Waals surface area contributed by atoms with Crippen molar-refractivity contribution >= 4 is 68.2 Å². The Morgan fingerprint density at radius 1 is 0.490 bits per heavy atom. The van der Waals surface area contributed by atoms with Crippen LogP contribution in [0.15, 0.2) is 94.9 Å². The zero-order chi connectivity index (χ0) is 34.9. The van der Waals surface area contributed by atoms with Gasteiger partial charge in [0.2, 0.25) is 0 Å². The maximum Gasteiger partial charge on any atom is 0.281 e. The van der Waals surface area contributed by atoms with Gasteiger partial charge < -0.3 is 0 Å². The molecule has 8 rings (SSSR count). The molecule has 0 atom stereocenters. The summed E-state index contributed by atoms with van der Waals surface area (Å²) in [7, 11) is 0. The Bertz CT molecular complexity index is 2270. The molecule has 0 saturated heterocycles. The molecule has 2 aliphatic rings. The lowest BCUT2D eigenvalue weighted by molar-refractivity contribution is 0.0963. The summed E-state index contributed by atoms with van der Waals surface area (Å²) in [5.41, 5.74) is 1.47. The molecule has 0 amide bonds. The maximum atomic E-state index is 13.2. The van der Waals surface area contributed by atoms with Crippen molar-refractivity contribution < 1.29 is 19.2 Å². The number of benzene rings is 4. The van der Waals surface area contributed by atoms with Gasteiger partial charge in [0.15, 0.2) is 11.6 Å². The van der Waals surface area contributed by atoms with Crippen molar-refractivity contribution in [1.82, 2.24) is 29.5 Å². The molecule has 51 heavy (non-hydrogen) atoms. The minimum Gasteiger partial charge on any atom is -0.294 e. The number of rotatable bonds is 14. The van der Waals surface area contributed by atoms with Crippen LogP contribution in [-0.2, 0) is 12.8 Å². The zero-order valence-corrected chi connectivity index (χ0v) is 27.7. The SMILES string of the molecule is O=C(CC1=Nc2nnc(CCCCCCCc3nnc4n3C(=O)C(CC(=O)c3cccc5ccccc35)=N4)n2C1=O)c1cccc2ccccc12. The van der Waals surface area contributed by atoms with Gasteiger partial charge in [0.05, 0.1) is 12.8 Å². The monoisotopic (exact) mass is 676 g/mol. The molecule has 2 aliphatic heterocycles. The molecule has 12 heteroatoms. The lowest BCUT2D eigenvalue weighted by Crippen LogP contribution is -2.21. The molecule has 2 aromatic heterocycles. The van der Waals surface area contributed by atoms with Crippen molar-refractivity contribution in [3.8, 4) is 0 Å². The smallest absolute Gasteiger partial charge is 0.281 e. The second-order valence-electron chi connectivity index (χ2n) is 12.8. The topological polar surface area (TPSA) is 154 Å². The summed E-state index contributed by atoms with van der Waals surface area (Å²) in [5.74, 6) is 0.488. The van der Waals surface area contributed by atoms with E-state index in [9.17, 15) is 19.2 Å². The fourth-order valence-electron chi connectivity index (χ4n) is 6.85. The number of hydrogen-bond acceptors (Lipinski definition) is 10. The van der Waals surface area contributed by atoms with Crippen molar-refractivity contribution in [2.45, 2.75) is 57.8 Å². The Morgan fingerprint density at radius 2 is 0.902 bits per heavy atom. The largest absolute Gasteiger partial charge is 0.294 e. The van der Waals surface area contributed by atoms with Crippen molar-refractivity contribution in [2.24, 2.45) is 9.98 Å². The molecule has 4 heterocycles. The average Bonchev–Trinajstić information content (AvgIpc) is 3.90. The van der Waals surface area contributed by atoms with E-state index < -0.39 is 0 Å². The third kappa shape index (κ3) is 6.09. The first-order chi connectivity index (χ1) is 25.0. The highest BCUT2D eigenvalue weighted by atomic mass is 16.2. The molecule has 0 saturated carbocycles. The number of carbonyl (C=O) groups excluding carboxylic acids is 4. The number of nitrogens with zero attached hydrogens (tertiary/aromatic N) is 8. The predicted molar refractivity (Wildman–Crippen MR) is 192 cm³/mol. The van der Waals surface area contributed by atoms with E-state index in [0.29, 0.717) is 35.6 Å². The van der Waals surface area contributed by atoms with Crippen LogP contribution in [0.25, 0.3) is 21.5 Å². The Hall–Kier alpha value is -6.30. The van der Waals surface area contributed by atoms with Gasteiger partial charge in [-0.25, -0.2) is 19.1 Å². The fourth-order valence-corrected chi connectivity index (χ4v) is 6.85. The molecule has 4 aromatic carbocycles. The van der Waals surface area contributed by atoms with Gasteiger partial charge in [-0.15, -0.1) is 20.4 Å². The van der Waals surface area contributed by atoms with Crippen LogP contribution in [0.5, 0.6) is 0 Å². The van der Waals surface area contributed by atoms with E-state index in [-0.39, 0.29) is 59.5 Å². The Labute approximate surface area is 292 Å². The molecule has 0 unspecified atom stereocenters. The zero-order valence-electron chi connectivity index (χ0n) is 27.7. The first kappa shape index (κ1) is 31.9. The highest BCUT2D eigenvalue weighted by Gasteiger charge is 2.32. The van der Waals surface area contributed by atoms with Crippen LogP contribution in [0.4, 0.5) is 11.9 Å². The summed E-state index contributed by atoms with van der Waals surface area (Å²) in [5, 5.41) is 20.2. The van der Waals surface area contributed by atoms with Crippen molar-refractivity contribution in [3.05, 3.63) is 108 Å². The second-order valence-corrected chi connectivity index (χ2v) is 12.8. The van der Waals surface area contributed by atoms with Crippen LogP contribution >= 0.6 is 0 Å².